The van der Waals surface area contributed by atoms with Crippen LogP contribution in [0.25, 0.3) is 0 Å². The fourth-order valence-corrected chi connectivity index (χ4v) is 3.32. The van der Waals surface area contributed by atoms with E-state index in [-0.39, 0.29) is 5.91 Å². The predicted octanol–water partition coefficient (Wildman–Crippen LogP) is 6.84. The molecule has 6 heteroatoms. The fourth-order valence-electron chi connectivity index (χ4n) is 2.88. The minimum absolute atomic E-state index is 0.307. The highest BCUT2D eigenvalue weighted by atomic mass is 35.5. The zero-order valence-electron chi connectivity index (χ0n) is 17.1. The molecular formula is C24H23Cl2NO3. The third-order valence-electron chi connectivity index (χ3n) is 4.59. The van der Waals surface area contributed by atoms with Crippen LogP contribution >= 0.6 is 23.2 Å². The maximum atomic E-state index is 12.8. The Morgan fingerprint density at radius 3 is 2.40 bits per heavy atom. The minimum Gasteiger partial charge on any atom is -0.490 e. The molecule has 0 aliphatic carbocycles. The molecule has 0 atom stereocenters. The maximum Gasteiger partial charge on any atom is 0.255 e. The van der Waals surface area contributed by atoms with Gasteiger partial charge in [-0.3, -0.25) is 4.79 Å². The van der Waals surface area contributed by atoms with Crippen molar-refractivity contribution in [1.82, 2.24) is 0 Å². The molecule has 0 aromatic heterocycles. The van der Waals surface area contributed by atoms with Gasteiger partial charge < -0.3 is 14.8 Å². The van der Waals surface area contributed by atoms with E-state index in [4.69, 9.17) is 32.7 Å². The Morgan fingerprint density at radius 2 is 1.70 bits per heavy atom. The molecule has 30 heavy (non-hydrogen) atoms. The van der Waals surface area contributed by atoms with Crippen LogP contribution in [0, 0.1) is 13.8 Å². The minimum atomic E-state index is -0.312. The van der Waals surface area contributed by atoms with Gasteiger partial charge in [0.25, 0.3) is 5.91 Å². The van der Waals surface area contributed by atoms with Crippen LogP contribution in [0.1, 0.15) is 34.0 Å². The first-order valence-corrected chi connectivity index (χ1v) is 10.4. The molecule has 3 rings (SSSR count). The average Bonchev–Trinajstić information content (AvgIpc) is 2.72. The van der Waals surface area contributed by atoms with Crippen molar-refractivity contribution in [2.24, 2.45) is 0 Å². The summed E-state index contributed by atoms with van der Waals surface area (Å²) >= 11 is 12.6. The Bertz CT molecular complexity index is 1050. The van der Waals surface area contributed by atoms with Gasteiger partial charge >= 0.3 is 0 Å². The smallest absolute Gasteiger partial charge is 0.255 e. The number of anilines is 1. The lowest BCUT2D eigenvalue weighted by molar-refractivity contribution is 0.102. The van der Waals surface area contributed by atoms with Gasteiger partial charge in [-0.2, -0.15) is 0 Å². The molecule has 3 aromatic carbocycles. The molecule has 0 spiro atoms. The first kappa shape index (κ1) is 22.0. The molecule has 0 aliphatic heterocycles. The van der Waals surface area contributed by atoms with E-state index in [1.807, 2.05) is 45.0 Å². The van der Waals surface area contributed by atoms with Crippen LogP contribution in [0.5, 0.6) is 11.5 Å². The summed E-state index contributed by atoms with van der Waals surface area (Å²) in [6, 6.07) is 16.6. The van der Waals surface area contributed by atoms with Gasteiger partial charge in [0.05, 0.1) is 11.6 Å². The highest BCUT2D eigenvalue weighted by molar-refractivity contribution is 6.33. The van der Waals surface area contributed by atoms with Crippen LogP contribution < -0.4 is 14.8 Å². The van der Waals surface area contributed by atoms with E-state index in [0.29, 0.717) is 46.0 Å². The van der Waals surface area contributed by atoms with Crippen molar-refractivity contribution in [1.29, 1.82) is 0 Å². The monoisotopic (exact) mass is 443 g/mol. The van der Waals surface area contributed by atoms with Crippen LogP contribution in [0.15, 0.2) is 54.6 Å². The number of carbonyl (C=O) groups excluding carboxylic acids is 1. The van der Waals surface area contributed by atoms with Crippen LogP contribution in [0.2, 0.25) is 10.0 Å². The van der Waals surface area contributed by atoms with Crippen molar-refractivity contribution in [3.63, 3.8) is 0 Å². The van der Waals surface area contributed by atoms with Gasteiger partial charge in [-0.1, -0.05) is 59.1 Å². The highest BCUT2D eigenvalue weighted by Crippen LogP contribution is 2.37. The molecule has 0 saturated heterocycles. The number of rotatable bonds is 7. The molecule has 1 amide bonds. The standard InChI is InChI=1S/C24H23Cl2NO3/c1-4-29-22-13-18(24(28)27-21-7-5-6-19(25)16(21)3)12-20(26)23(22)30-14-17-10-8-15(2)9-11-17/h5-13H,4,14H2,1-3H3,(H,27,28). The van der Waals surface area contributed by atoms with Gasteiger partial charge in [0.15, 0.2) is 11.5 Å². The first-order chi connectivity index (χ1) is 14.4. The van der Waals surface area contributed by atoms with Crippen LogP contribution in [0.3, 0.4) is 0 Å². The number of hydrogen-bond donors (Lipinski definition) is 1. The number of hydrogen-bond acceptors (Lipinski definition) is 3. The second kappa shape index (κ2) is 9.88. The number of benzene rings is 3. The summed E-state index contributed by atoms with van der Waals surface area (Å²) in [6.07, 6.45) is 0. The van der Waals surface area contributed by atoms with Gasteiger partial charge in [0.2, 0.25) is 0 Å². The van der Waals surface area contributed by atoms with E-state index in [1.165, 1.54) is 5.56 Å². The molecule has 0 aliphatic rings. The Hall–Kier alpha value is -2.69. The van der Waals surface area contributed by atoms with E-state index >= 15 is 0 Å². The molecule has 0 radical (unpaired) electrons. The summed E-state index contributed by atoms with van der Waals surface area (Å²) in [7, 11) is 0. The van der Waals surface area contributed by atoms with Crippen molar-refractivity contribution < 1.29 is 14.3 Å². The van der Waals surface area contributed by atoms with E-state index in [9.17, 15) is 4.79 Å². The molecule has 4 nitrogen and oxygen atoms in total. The second-order valence-electron chi connectivity index (χ2n) is 6.86. The molecule has 3 aromatic rings. The predicted molar refractivity (Wildman–Crippen MR) is 122 cm³/mol. The van der Waals surface area contributed by atoms with Gasteiger partial charge in [0.1, 0.15) is 6.61 Å². The number of ether oxygens (including phenoxy) is 2. The number of carbonyl (C=O) groups is 1. The van der Waals surface area contributed by atoms with E-state index in [1.54, 1.807) is 30.3 Å². The lowest BCUT2D eigenvalue weighted by Gasteiger charge is -2.16. The lowest BCUT2D eigenvalue weighted by atomic mass is 10.1. The second-order valence-corrected chi connectivity index (χ2v) is 7.67. The van der Waals surface area contributed by atoms with E-state index in [0.717, 1.165) is 11.1 Å². The van der Waals surface area contributed by atoms with Crippen molar-refractivity contribution >= 4 is 34.8 Å². The molecule has 0 saturated carbocycles. The molecule has 0 unspecified atom stereocenters. The van der Waals surface area contributed by atoms with Gasteiger partial charge in [-0.25, -0.2) is 0 Å². The van der Waals surface area contributed by atoms with Crippen molar-refractivity contribution in [3.05, 3.63) is 86.9 Å². The normalized spacial score (nSPS) is 10.6. The van der Waals surface area contributed by atoms with Crippen LogP contribution in [-0.4, -0.2) is 12.5 Å². The fraction of sp³-hybridized carbons (Fsp3) is 0.208. The zero-order valence-corrected chi connectivity index (χ0v) is 18.6. The lowest BCUT2D eigenvalue weighted by Crippen LogP contribution is -2.13. The van der Waals surface area contributed by atoms with E-state index < -0.39 is 0 Å². The summed E-state index contributed by atoms with van der Waals surface area (Å²) in [5.74, 6) is 0.521. The van der Waals surface area contributed by atoms with Crippen molar-refractivity contribution in [3.8, 4) is 11.5 Å². The van der Waals surface area contributed by atoms with E-state index in [2.05, 4.69) is 5.32 Å². The Labute approximate surface area is 186 Å². The number of aryl methyl sites for hydroxylation is 1. The summed E-state index contributed by atoms with van der Waals surface area (Å²) in [4.78, 5) is 12.8. The molecule has 0 heterocycles. The number of nitrogens with one attached hydrogen (secondary N) is 1. The number of halogens is 2. The molecule has 0 bridgehead atoms. The Morgan fingerprint density at radius 1 is 0.967 bits per heavy atom. The van der Waals surface area contributed by atoms with Crippen molar-refractivity contribution in [2.75, 3.05) is 11.9 Å². The Kier molecular flexibility index (Phi) is 7.24. The first-order valence-electron chi connectivity index (χ1n) is 9.60. The molecule has 1 N–H and O–H groups in total. The van der Waals surface area contributed by atoms with Gasteiger partial charge in [-0.15, -0.1) is 0 Å². The quantitative estimate of drug-likeness (QED) is 0.434. The molecule has 156 valence electrons. The Balaban J connectivity index is 1.83. The molecule has 0 fully saturated rings. The average molecular weight is 444 g/mol. The molecular weight excluding hydrogens is 421 g/mol. The highest BCUT2D eigenvalue weighted by Gasteiger charge is 2.17. The summed E-state index contributed by atoms with van der Waals surface area (Å²) in [5, 5.41) is 3.76. The summed E-state index contributed by atoms with van der Waals surface area (Å²) < 4.78 is 11.6. The largest absolute Gasteiger partial charge is 0.490 e. The van der Waals surface area contributed by atoms with Gasteiger partial charge in [0, 0.05) is 16.3 Å². The zero-order chi connectivity index (χ0) is 21.7. The third-order valence-corrected chi connectivity index (χ3v) is 5.28. The van der Waals surface area contributed by atoms with Crippen molar-refractivity contribution in [2.45, 2.75) is 27.4 Å². The third kappa shape index (κ3) is 5.26. The summed E-state index contributed by atoms with van der Waals surface area (Å²) in [6.45, 7) is 6.49. The summed E-state index contributed by atoms with van der Waals surface area (Å²) in [5.41, 5.74) is 3.99. The van der Waals surface area contributed by atoms with Crippen LogP contribution in [0.4, 0.5) is 5.69 Å². The maximum absolute atomic E-state index is 12.8. The topological polar surface area (TPSA) is 47.6 Å². The number of amides is 1. The SMILES string of the molecule is CCOc1cc(C(=O)Nc2cccc(Cl)c2C)cc(Cl)c1OCc1ccc(C)cc1. The van der Waals surface area contributed by atoms with Gasteiger partial charge in [-0.05, 0) is 56.2 Å². The van der Waals surface area contributed by atoms with Crippen LogP contribution in [-0.2, 0) is 6.61 Å².